The number of rotatable bonds is 2. The van der Waals surface area contributed by atoms with E-state index in [2.05, 4.69) is 0 Å². The molecule has 0 spiro atoms. The van der Waals surface area contributed by atoms with Gasteiger partial charge in [-0.25, -0.2) is 4.39 Å². The smallest absolute Gasteiger partial charge is 0.126 e. The number of benzene rings is 1. The van der Waals surface area contributed by atoms with E-state index in [4.69, 9.17) is 5.73 Å². The van der Waals surface area contributed by atoms with E-state index in [-0.39, 0.29) is 24.3 Å². The van der Waals surface area contributed by atoms with Gasteiger partial charge in [0.25, 0.3) is 0 Å². The number of nitrogens with two attached hydrogens (primary N) is 1. The Balaban J connectivity index is 0.00000144. The van der Waals surface area contributed by atoms with Gasteiger partial charge in [0.15, 0.2) is 0 Å². The Kier molecular flexibility index (Phi) is 4.96. The maximum absolute atomic E-state index is 12.8. The predicted octanol–water partition coefficient (Wildman–Crippen LogP) is 2.97. The zero-order valence-electron chi connectivity index (χ0n) is 7.88. The zero-order chi connectivity index (χ0) is 9.14. The summed E-state index contributed by atoms with van der Waals surface area (Å²) < 4.78 is 12.8. The molecule has 0 heterocycles. The van der Waals surface area contributed by atoms with Crippen LogP contribution in [0.25, 0.3) is 0 Å². The van der Waals surface area contributed by atoms with Crippen LogP contribution in [-0.2, 0) is 0 Å². The van der Waals surface area contributed by atoms with Crippen LogP contribution in [0.5, 0.6) is 0 Å². The first-order chi connectivity index (χ1) is 5.65. The molecule has 74 valence electrons. The van der Waals surface area contributed by atoms with Crippen LogP contribution in [0.1, 0.15) is 30.5 Å². The molecule has 1 aromatic rings. The minimum Gasteiger partial charge on any atom is -0.324 e. The molecule has 0 saturated heterocycles. The van der Waals surface area contributed by atoms with Gasteiger partial charge in [-0.2, -0.15) is 0 Å². The van der Waals surface area contributed by atoms with Crippen LogP contribution in [0.3, 0.4) is 0 Å². The molecule has 1 unspecified atom stereocenters. The van der Waals surface area contributed by atoms with Crippen LogP contribution in [0.15, 0.2) is 18.2 Å². The summed E-state index contributed by atoms with van der Waals surface area (Å²) in [5, 5.41) is 0. The van der Waals surface area contributed by atoms with Gasteiger partial charge in [0, 0.05) is 6.04 Å². The third-order valence-electron chi connectivity index (χ3n) is 2.05. The van der Waals surface area contributed by atoms with Crippen LogP contribution in [0.2, 0.25) is 0 Å². The normalized spacial score (nSPS) is 12.0. The minimum atomic E-state index is -0.165. The van der Waals surface area contributed by atoms with Gasteiger partial charge in [0.05, 0.1) is 0 Å². The van der Waals surface area contributed by atoms with E-state index in [1.165, 1.54) is 6.07 Å². The largest absolute Gasteiger partial charge is 0.324 e. The van der Waals surface area contributed by atoms with Crippen LogP contribution in [0, 0.1) is 12.7 Å². The molecule has 2 N–H and O–H groups in total. The predicted molar refractivity (Wildman–Crippen MR) is 55.6 cm³/mol. The topological polar surface area (TPSA) is 26.0 Å². The van der Waals surface area contributed by atoms with Crippen molar-refractivity contribution in [3.05, 3.63) is 35.1 Å². The molecular weight excluding hydrogens is 189 g/mol. The van der Waals surface area contributed by atoms with Crippen LogP contribution >= 0.6 is 12.4 Å². The summed E-state index contributed by atoms with van der Waals surface area (Å²) in [6, 6.07) is 5.06. The van der Waals surface area contributed by atoms with Crippen molar-refractivity contribution in [3.63, 3.8) is 0 Å². The molecule has 0 aliphatic heterocycles. The molecular formula is C10H15ClFN. The summed E-state index contributed by atoms with van der Waals surface area (Å²) in [4.78, 5) is 0. The quantitative estimate of drug-likeness (QED) is 0.786. The molecule has 1 aromatic carbocycles. The van der Waals surface area contributed by atoms with E-state index in [0.717, 1.165) is 12.0 Å². The summed E-state index contributed by atoms with van der Waals surface area (Å²) in [7, 11) is 0. The highest BCUT2D eigenvalue weighted by Gasteiger charge is 2.04. The molecule has 3 heteroatoms. The zero-order valence-corrected chi connectivity index (χ0v) is 8.70. The molecule has 0 amide bonds. The lowest BCUT2D eigenvalue weighted by Gasteiger charge is -2.09. The Labute approximate surface area is 84.5 Å². The fraction of sp³-hybridized carbons (Fsp3) is 0.400. The highest BCUT2D eigenvalue weighted by atomic mass is 35.5. The molecule has 0 saturated carbocycles. The van der Waals surface area contributed by atoms with Gasteiger partial charge in [-0.15, -0.1) is 12.4 Å². The van der Waals surface area contributed by atoms with Gasteiger partial charge in [-0.3, -0.25) is 0 Å². The fourth-order valence-corrected chi connectivity index (χ4v) is 1.13. The van der Waals surface area contributed by atoms with Gasteiger partial charge in [0.1, 0.15) is 5.82 Å². The lowest BCUT2D eigenvalue weighted by atomic mass is 10.0. The van der Waals surface area contributed by atoms with E-state index in [1.54, 1.807) is 13.0 Å². The second-order valence-electron chi connectivity index (χ2n) is 3.02. The third kappa shape index (κ3) is 2.98. The first-order valence-corrected chi connectivity index (χ1v) is 4.16. The second-order valence-corrected chi connectivity index (χ2v) is 3.02. The Bertz CT molecular complexity index is 276. The van der Waals surface area contributed by atoms with Gasteiger partial charge < -0.3 is 5.73 Å². The molecule has 0 aromatic heterocycles. The standard InChI is InChI=1S/C10H14FN.ClH/c1-3-10(12)8-4-5-9(11)7(2)6-8;/h4-6,10H,3,12H2,1-2H3;1H. The van der Waals surface area contributed by atoms with E-state index < -0.39 is 0 Å². The summed E-state index contributed by atoms with van der Waals surface area (Å²) in [6.45, 7) is 3.77. The minimum absolute atomic E-state index is 0. The molecule has 0 aliphatic carbocycles. The Hall–Kier alpha value is -0.600. The Morgan fingerprint density at radius 3 is 2.54 bits per heavy atom. The fourth-order valence-electron chi connectivity index (χ4n) is 1.13. The molecule has 0 bridgehead atoms. The number of halogens is 2. The highest BCUT2D eigenvalue weighted by molar-refractivity contribution is 5.85. The third-order valence-corrected chi connectivity index (χ3v) is 2.05. The maximum Gasteiger partial charge on any atom is 0.126 e. The molecule has 0 fully saturated rings. The first kappa shape index (κ1) is 12.4. The van der Waals surface area contributed by atoms with Crippen LogP contribution in [-0.4, -0.2) is 0 Å². The SMILES string of the molecule is CCC(N)c1ccc(F)c(C)c1.Cl. The summed E-state index contributed by atoms with van der Waals surface area (Å²) in [6.07, 6.45) is 0.880. The summed E-state index contributed by atoms with van der Waals surface area (Å²) in [5.74, 6) is -0.165. The van der Waals surface area contributed by atoms with Crippen molar-refractivity contribution in [2.24, 2.45) is 5.73 Å². The monoisotopic (exact) mass is 203 g/mol. The van der Waals surface area contributed by atoms with Gasteiger partial charge in [-0.1, -0.05) is 19.1 Å². The average molecular weight is 204 g/mol. The van der Waals surface area contributed by atoms with Crippen molar-refractivity contribution in [3.8, 4) is 0 Å². The van der Waals surface area contributed by atoms with Gasteiger partial charge in [0.2, 0.25) is 0 Å². The van der Waals surface area contributed by atoms with Crippen molar-refractivity contribution in [2.75, 3.05) is 0 Å². The van der Waals surface area contributed by atoms with Gasteiger partial charge in [-0.05, 0) is 30.5 Å². The number of aryl methyl sites for hydroxylation is 1. The van der Waals surface area contributed by atoms with Gasteiger partial charge >= 0.3 is 0 Å². The van der Waals surface area contributed by atoms with Crippen LogP contribution in [0.4, 0.5) is 4.39 Å². The van der Waals surface area contributed by atoms with Crippen molar-refractivity contribution in [1.29, 1.82) is 0 Å². The Morgan fingerprint density at radius 2 is 2.08 bits per heavy atom. The van der Waals surface area contributed by atoms with Crippen molar-refractivity contribution in [1.82, 2.24) is 0 Å². The van der Waals surface area contributed by atoms with Crippen molar-refractivity contribution in [2.45, 2.75) is 26.3 Å². The van der Waals surface area contributed by atoms with Crippen molar-refractivity contribution >= 4 is 12.4 Å². The summed E-state index contributed by atoms with van der Waals surface area (Å²) >= 11 is 0. The lowest BCUT2D eigenvalue weighted by molar-refractivity contribution is 0.614. The average Bonchev–Trinajstić information content (AvgIpc) is 2.08. The molecule has 1 nitrogen and oxygen atoms in total. The van der Waals surface area contributed by atoms with E-state index in [1.807, 2.05) is 13.0 Å². The maximum atomic E-state index is 12.8. The van der Waals surface area contributed by atoms with Crippen molar-refractivity contribution < 1.29 is 4.39 Å². The number of hydrogen-bond acceptors (Lipinski definition) is 1. The molecule has 0 radical (unpaired) electrons. The Morgan fingerprint density at radius 1 is 1.46 bits per heavy atom. The highest BCUT2D eigenvalue weighted by Crippen LogP contribution is 2.16. The van der Waals surface area contributed by atoms with E-state index in [0.29, 0.717) is 5.56 Å². The first-order valence-electron chi connectivity index (χ1n) is 4.16. The van der Waals surface area contributed by atoms with Crippen LogP contribution < -0.4 is 5.73 Å². The van der Waals surface area contributed by atoms with E-state index in [9.17, 15) is 4.39 Å². The number of hydrogen-bond donors (Lipinski definition) is 1. The molecule has 1 atom stereocenters. The molecule has 1 rings (SSSR count). The molecule has 0 aliphatic rings. The van der Waals surface area contributed by atoms with E-state index >= 15 is 0 Å². The second kappa shape index (κ2) is 5.20. The summed E-state index contributed by atoms with van der Waals surface area (Å²) in [5.41, 5.74) is 7.46. The lowest BCUT2D eigenvalue weighted by Crippen LogP contribution is -2.08. The molecule has 13 heavy (non-hydrogen) atoms.